The van der Waals surface area contributed by atoms with Crippen LogP contribution in [-0.4, -0.2) is 36.9 Å². The first-order valence-corrected chi connectivity index (χ1v) is 7.31. The van der Waals surface area contributed by atoms with E-state index in [4.69, 9.17) is 9.47 Å². The largest absolute Gasteiger partial charge is 0.462 e. The van der Waals surface area contributed by atoms with Crippen LogP contribution in [0.4, 0.5) is 0 Å². The van der Waals surface area contributed by atoms with E-state index >= 15 is 0 Å². The van der Waals surface area contributed by atoms with Gasteiger partial charge in [-0.25, -0.2) is 9.59 Å². The van der Waals surface area contributed by atoms with E-state index in [1.807, 2.05) is 13.8 Å². The van der Waals surface area contributed by atoms with Gasteiger partial charge in [0.1, 0.15) is 0 Å². The van der Waals surface area contributed by atoms with Crippen LogP contribution in [0.5, 0.6) is 0 Å². The van der Waals surface area contributed by atoms with E-state index in [1.54, 1.807) is 26.0 Å². The van der Waals surface area contributed by atoms with E-state index < -0.39 is 17.4 Å². The Morgan fingerprint density at radius 3 is 2.05 bits per heavy atom. The summed E-state index contributed by atoms with van der Waals surface area (Å²) in [6.07, 6.45) is 0. The maximum absolute atomic E-state index is 12.2. The average Bonchev–Trinajstić information content (AvgIpc) is 2.50. The summed E-state index contributed by atoms with van der Waals surface area (Å²) in [6, 6.07) is 6.39. The van der Waals surface area contributed by atoms with Crippen molar-refractivity contribution in [3.63, 3.8) is 0 Å². The molecule has 22 heavy (non-hydrogen) atoms. The smallest absolute Gasteiger partial charge is 0.339 e. The highest BCUT2D eigenvalue weighted by molar-refractivity contribution is 6.03. The molecule has 0 aromatic heterocycles. The van der Waals surface area contributed by atoms with Crippen LogP contribution < -0.4 is 0 Å². The number of benzene rings is 1. The third kappa shape index (κ3) is 5.48. The van der Waals surface area contributed by atoms with E-state index in [9.17, 15) is 14.7 Å². The Labute approximate surface area is 131 Å². The number of aliphatic hydroxyl groups is 1. The molecule has 0 fully saturated rings. The van der Waals surface area contributed by atoms with Crippen molar-refractivity contribution < 1.29 is 24.2 Å². The molecule has 0 atom stereocenters. The number of aliphatic hydroxyl groups excluding tert-OH is 1. The first-order valence-electron chi connectivity index (χ1n) is 7.31. The van der Waals surface area contributed by atoms with Crippen LogP contribution in [0, 0.1) is 11.3 Å². The molecule has 0 aliphatic heterocycles. The van der Waals surface area contributed by atoms with Crippen molar-refractivity contribution in [2.45, 2.75) is 27.7 Å². The quantitative estimate of drug-likeness (QED) is 0.784. The lowest BCUT2D eigenvalue weighted by molar-refractivity contribution is 0.0211. The third-order valence-corrected chi connectivity index (χ3v) is 2.94. The Bertz CT molecular complexity index is 520. The average molecular weight is 308 g/mol. The number of ether oxygens (including phenoxy) is 2. The Morgan fingerprint density at radius 2 is 1.59 bits per heavy atom. The number of hydrogen-bond acceptors (Lipinski definition) is 5. The summed E-state index contributed by atoms with van der Waals surface area (Å²) in [5, 5.41) is 9.18. The minimum atomic E-state index is -0.598. The van der Waals surface area contributed by atoms with Gasteiger partial charge in [0.2, 0.25) is 0 Å². The highest BCUT2D eigenvalue weighted by Crippen LogP contribution is 2.17. The predicted molar refractivity (Wildman–Crippen MR) is 82.7 cm³/mol. The van der Waals surface area contributed by atoms with Gasteiger partial charge in [0.05, 0.1) is 30.9 Å². The molecule has 1 aromatic rings. The zero-order chi connectivity index (χ0) is 16.8. The molecular formula is C17H24O5. The van der Waals surface area contributed by atoms with Crippen molar-refractivity contribution in [3.8, 4) is 0 Å². The predicted octanol–water partition coefficient (Wildman–Crippen LogP) is 2.67. The Kier molecular flexibility index (Phi) is 6.56. The fourth-order valence-corrected chi connectivity index (χ4v) is 1.54. The van der Waals surface area contributed by atoms with Crippen LogP contribution in [0.1, 0.15) is 48.4 Å². The molecule has 1 rings (SSSR count). The molecule has 0 aliphatic carbocycles. The van der Waals surface area contributed by atoms with Crippen molar-refractivity contribution in [1.82, 2.24) is 0 Å². The Morgan fingerprint density at radius 1 is 1.09 bits per heavy atom. The summed E-state index contributed by atoms with van der Waals surface area (Å²) < 4.78 is 10.4. The lowest BCUT2D eigenvalue weighted by Gasteiger charge is -2.21. The standard InChI is InChI=1S/C17H24O5/c1-12(2)9-21-15(19)13-7-5-6-8-14(13)16(20)22-11-17(3,4)10-18/h5-8,12,18H,9-11H2,1-4H3. The summed E-state index contributed by atoms with van der Waals surface area (Å²) in [6.45, 7) is 7.69. The van der Waals surface area contributed by atoms with Gasteiger partial charge in [-0.15, -0.1) is 0 Å². The number of rotatable bonds is 7. The van der Waals surface area contributed by atoms with Gasteiger partial charge in [-0.1, -0.05) is 39.8 Å². The van der Waals surface area contributed by atoms with Gasteiger partial charge >= 0.3 is 11.9 Å². The molecule has 122 valence electrons. The lowest BCUT2D eigenvalue weighted by atomic mass is 9.96. The summed E-state index contributed by atoms with van der Waals surface area (Å²) >= 11 is 0. The summed E-state index contributed by atoms with van der Waals surface area (Å²) in [5.74, 6) is -0.922. The van der Waals surface area contributed by atoms with Crippen molar-refractivity contribution in [2.24, 2.45) is 11.3 Å². The van der Waals surface area contributed by atoms with Crippen LogP contribution in [0.3, 0.4) is 0 Å². The van der Waals surface area contributed by atoms with Gasteiger partial charge in [0, 0.05) is 5.41 Å². The zero-order valence-corrected chi connectivity index (χ0v) is 13.6. The SMILES string of the molecule is CC(C)COC(=O)c1ccccc1C(=O)OCC(C)(C)CO. The Balaban J connectivity index is 2.82. The van der Waals surface area contributed by atoms with Crippen LogP contribution in [0.2, 0.25) is 0 Å². The maximum Gasteiger partial charge on any atom is 0.339 e. The van der Waals surface area contributed by atoms with Gasteiger partial charge in [-0.2, -0.15) is 0 Å². The molecular weight excluding hydrogens is 284 g/mol. The van der Waals surface area contributed by atoms with E-state index in [2.05, 4.69) is 0 Å². The van der Waals surface area contributed by atoms with E-state index in [0.717, 1.165) is 0 Å². The number of carbonyl (C=O) groups is 2. The zero-order valence-electron chi connectivity index (χ0n) is 13.6. The first kappa shape index (κ1) is 18.2. The Hall–Kier alpha value is -1.88. The molecule has 0 saturated heterocycles. The fraction of sp³-hybridized carbons (Fsp3) is 0.529. The van der Waals surface area contributed by atoms with Crippen molar-refractivity contribution >= 4 is 11.9 Å². The van der Waals surface area contributed by atoms with Crippen molar-refractivity contribution in [2.75, 3.05) is 19.8 Å². The second-order valence-electron chi connectivity index (χ2n) is 6.44. The third-order valence-electron chi connectivity index (χ3n) is 2.94. The minimum absolute atomic E-state index is 0.0672. The molecule has 0 bridgehead atoms. The van der Waals surface area contributed by atoms with Crippen molar-refractivity contribution in [1.29, 1.82) is 0 Å². The molecule has 5 heteroatoms. The van der Waals surface area contributed by atoms with Crippen LogP contribution in [0.15, 0.2) is 24.3 Å². The highest BCUT2D eigenvalue weighted by Gasteiger charge is 2.23. The number of carbonyl (C=O) groups excluding carboxylic acids is 2. The van der Waals surface area contributed by atoms with E-state index in [-0.39, 0.29) is 30.3 Å². The van der Waals surface area contributed by atoms with Crippen LogP contribution in [0.25, 0.3) is 0 Å². The first-order chi connectivity index (χ1) is 10.3. The molecule has 1 aromatic carbocycles. The molecule has 0 saturated carbocycles. The van der Waals surface area contributed by atoms with Gasteiger partial charge < -0.3 is 14.6 Å². The second-order valence-corrected chi connectivity index (χ2v) is 6.44. The molecule has 0 radical (unpaired) electrons. The molecule has 0 heterocycles. The number of hydrogen-bond donors (Lipinski definition) is 1. The van der Waals surface area contributed by atoms with Crippen LogP contribution in [-0.2, 0) is 9.47 Å². The second kappa shape index (κ2) is 7.94. The lowest BCUT2D eigenvalue weighted by Crippen LogP contribution is -2.26. The van der Waals surface area contributed by atoms with Gasteiger partial charge in [-0.3, -0.25) is 0 Å². The van der Waals surface area contributed by atoms with Gasteiger partial charge in [0.25, 0.3) is 0 Å². The summed E-state index contributed by atoms with van der Waals surface area (Å²) in [4.78, 5) is 24.2. The molecule has 0 unspecified atom stereocenters. The molecule has 5 nitrogen and oxygen atoms in total. The highest BCUT2D eigenvalue weighted by atomic mass is 16.5. The maximum atomic E-state index is 12.2. The molecule has 0 spiro atoms. The van der Waals surface area contributed by atoms with Gasteiger partial charge in [-0.05, 0) is 18.1 Å². The monoisotopic (exact) mass is 308 g/mol. The van der Waals surface area contributed by atoms with Crippen molar-refractivity contribution in [3.05, 3.63) is 35.4 Å². The topological polar surface area (TPSA) is 72.8 Å². The normalized spacial score (nSPS) is 11.4. The van der Waals surface area contributed by atoms with Crippen LogP contribution >= 0.6 is 0 Å². The van der Waals surface area contributed by atoms with E-state index in [1.165, 1.54) is 12.1 Å². The summed E-state index contributed by atoms with van der Waals surface area (Å²) in [5.41, 5.74) is -0.164. The molecule has 0 aliphatic rings. The van der Waals surface area contributed by atoms with E-state index in [0.29, 0.717) is 6.61 Å². The minimum Gasteiger partial charge on any atom is -0.462 e. The molecule has 1 N–H and O–H groups in total. The summed E-state index contributed by atoms with van der Waals surface area (Å²) in [7, 11) is 0. The molecule has 0 amide bonds. The van der Waals surface area contributed by atoms with Gasteiger partial charge in [0.15, 0.2) is 0 Å². The fourth-order valence-electron chi connectivity index (χ4n) is 1.54. The number of esters is 2.